The van der Waals surface area contributed by atoms with Gasteiger partial charge in [0.15, 0.2) is 0 Å². The topological polar surface area (TPSA) is 77.6 Å². The lowest BCUT2D eigenvalue weighted by Gasteiger charge is -2.12. The molecule has 0 aliphatic rings. The number of hydrogen-bond acceptors (Lipinski definition) is 4. The van der Waals surface area contributed by atoms with E-state index in [0.29, 0.717) is 11.4 Å². The van der Waals surface area contributed by atoms with Crippen LogP contribution < -0.4 is 10.5 Å². The quantitative estimate of drug-likeness (QED) is 0.608. The Morgan fingerprint density at radius 2 is 1.96 bits per heavy atom. The maximum atomic E-state index is 13.9. The van der Waals surface area contributed by atoms with Gasteiger partial charge in [0, 0.05) is 17.3 Å². The van der Waals surface area contributed by atoms with Gasteiger partial charge in [-0.25, -0.2) is 4.39 Å². The van der Waals surface area contributed by atoms with Gasteiger partial charge in [0.05, 0.1) is 18.0 Å². The average Bonchev–Trinajstić information content (AvgIpc) is 2.56. The first kappa shape index (κ1) is 20.3. The van der Waals surface area contributed by atoms with Crippen molar-refractivity contribution in [3.05, 3.63) is 59.2 Å². The molecule has 2 N–H and O–H groups in total. The fourth-order valence-corrected chi connectivity index (χ4v) is 2.32. The van der Waals surface area contributed by atoms with Gasteiger partial charge in [-0.05, 0) is 36.2 Å². The Hall–Kier alpha value is -2.97. The van der Waals surface area contributed by atoms with E-state index in [1.807, 2.05) is 13.8 Å². The van der Waals surface area contributed by atoms with Crippen LogP contribution in [0.15, 0.2) is 41.5 Å². The lowest BCUT2D eigenvalue weighted by molar-refractivity contribution is -0.274. The highest BCUT2D eigenvalue weighted by Crippen LogP contribution is 2.25. The lowest BCUT2D eigenvalue weighted by atomic mass is 10.0. The minimum atomic E-state index is -4.87. The Bertz CT molecular complexity index is 864. The summed E-state index contributed by atoms with van der Waals surface area (Å²) in [4.78, 5) is 19.7. The summed E-state index contributed by atoms with van der Waals surface area (Å²) in [5.74, 6) is -2.02. The molecule has 0 radical (unpaired) electrons. The van der Waals surface area contributed by atoms with Crippen LogP contribution in [-0.4, -0.2) is 23.0 Å². The highest BCUT2D eigenvalue weighted by molar-refractivity contribution is 6.02. The molecule has 0 aliphatic heterocycles. The molecule has 0 spiro atoms. The molecule has 1 amide bonds. The van der Waals surface area contributed by atoms with Crippen LogP contribution in [0.4, 0.5) is 17.6 Å². The molecule has 0 bridgehead atoms. The Morgan fingerprint density at radius 3 is 2.56 bits per heavy atom. The molecule has 2 rings (SSSR count). The van der Waals surface area contributed by atoms with Crippen LogP contribution in [0, 0.1) is 11.7 Å². The number of carbonyl (C=O) groups excluding carboxylic acids is 1. The molecule has 0 saturated heterocycles. The maximum absolute atomic E-state index is 13.9. The summed E-state index contributed by atoms with van der Waals surface area (Å²) in [7, 11) is 0. The van der Waals surface area contributed by atoms with E-state index >= 15 is 0 Å². The number of aliphatic imine (C=N–C) groups is 1. The third-order valence-corrected chi connectivity index (χ3v) is 3.52. The number of carbonyl (C=O) groups is 1. The molecule has 9 heteroatoms. The van der Waals surface area contributed by atoms with Gasteiger partial charge in [-0.2, -0.15) is 0 Å². The maximum Gasteiger partial charge on any atom is 0.573 e. The number of nitrogens with zero attached hydrogens (tertiary/aromatic N) is 2. The Morgan fingerprint density at radius 1 is 1.26 bits per heavy atom. The zero-order chi connectivity index (χ0) is 20.2. The van der Waals surface area contributed by atoms with Crippen molar-refractivity contribution in [2.24, 2.45) is 16.6 Å². The van der Waals surface area contributed by atoms with Crippen molar-refractivity contribution in [3.8, 4) is 5.75 Å². The van der Waals surface area contributed by atoms with Crippen LogP contribution in [0.5, 0.6) is 5.75 Å². The number of benzene rings is 1. The largest absolute Gasteiger partial charge is 0.573 e. The second-order valence-corrected chi connectivity index (χ2v) is 5.95. The van der Waals surface area contributed by atoms with E-state index in [2.05, 4.69) is 14.7 Å². The molecular weight excluding hydrogens is 366 g/mol. The van der Waals surface area contributed by atoms with E-state index in [-0.39, 0.29) is 23.6 Å². The first-order chi connectivity index (χ1) is 12.6. The molecule has 2 aromatic rings. The SMILES string of the molecule is CC(C)C(=NCc1cc(OC(F)(F)F)ccc1F)c1cc(C(N)=O)ccn1. The van der Waals surface area contributed by atoms with E-state index in [1.165, 1.54) is 18.3 Å². The van der Waals surface area contributed by atoms with Crippen LogP contribution in [0.25, 0.3) is 0 Å². The number of nitrogens with two attached hydrogens (primary N) is 1. The first-order valence-corrected chi connectivity index (χ1v) is 7.91. The number of ether oxygens (including phenoxy) is 1. The second kappa shape index (κ2) is 8.15. The number of amides is 1. The van der Waals surface area contributed by atoms with Crippen molar-refractivity contribution in [2.75, 3.05) is 0 Å². The van der Waals surface area contributed by atoms with Crippen LogP contribution in [-0.2, 0) is 6.54 Å². The van der Waals surface area contributed by atoms with E-state index in [1.54, 1.807) is 0 Å². The second-order valence-electron chi connectivity index (χ2n) is 5.95. The molecule has 0 saturated carbocycles. The predicted molar refractivity (Wildman–Crippen MR) is 90.9 cm³/mol. The van der Waals surface area contributed by atoms with E-state index in [0.717, 1.165) is 18.2 Å². The third kappa shape index (κ3) is 5.77. The average molecular weight is 383 g/mol. The van der Waals surface area contributed by atoms with Crippen molar-refractivity contribution >= 4 is 11.6 Å². The molecule has 0 fully saturated rings. The lowest BCUT2D eigenvalue weighted by Crippen LogP contribution is -2.17. The highest BCUT2D eigenvalue weighted by Gasteiger charge is 2.31. The van der Waals surface area contributed by atoms with Crippen molar-refractivity contribution in [1.29, 1.82) is 0 Å². The van der Waals surface area contributed by atoms with Crippen molar-refractivity contribution in [3.63, 3.8) is 0 Å². The Balaban J connectivity index is 2.34. The van der Waals surface area contributed by atoms with Gasteiger partial charge in [0.1, 0.15) is 11.6 Å². The molecule has 0 atom stereocenters. The summed E-state index contributed by atoms with van der Waals surface area (Å²) in [6.45, 7) is 3.41. The van der Waals surface area contributed by atoms with Crippen molar-refractivity contribution < 1.29 is 27.1 Å². The van der Waals surface area contributed by atoms with E-state index < -0.39 is 23.8 Å². The summed E-state index contributed by atoms with van der Waals surface area (Å²) in [6, 6.07) is 5.61. The predicted octanol–water partition coefficient (Wildman–Crippen LogP) is 3.86. The van der Waals surface area contributed by atoms with Gasteiger partial charge in [0.25, 0.3) is 0 Å². The zero-order valence-electron chi connectivity index (χ0n) is 14.5. The Labute approximate surface area is 152 Å². The van der Waals surface area contributed by atoms with Gasteiger partial charge >= 0.3 is 6.36 Å². The van der Waals surface area contributed by atoms with Crippen LogP contribution >= 0.6 is 0 Å². The summed E-state index contributed by atoms with van der Waals surface area (Å²) in [5.41, 5.74) is 6.25. The number of alkyl halides is 3. The summed E-state index contributed by atoms with van der Waals surface area (Å²) in [6.07, 6.45) is -3.48. The third-order valence-electron chi connectivity index (χ3n) is 3.52. The number of hydrogen-bond donors (Lipinski definition) is 1. The molecule has 1 aromatic heterocycles. The van der Waals surface area contributed by atoms with Gasteiger partial charge in [-0.15, -0.1) is 13.2 Å². The fourth-order valence-electron chi connectivity index (χ4n) is 2.32. The molecule has 27 heavy (non-hydrogen) atoms. The number of primary amides is 1. The van der Waals surface area contributed by atoms with Gasteiger partial charge < -0.3 is 10.5 Å². The fraction of sp³-hybridized carbons (Fsp3) is 0.278. The molecule has 1 aromatic carbocycles. The monoisotopic (exact) mass is 383 g/mol. The Kier molecular flexibility index (Phi) is 6.14. The minimum absolute atomic E-state index is 0.0686. The summed E-state index contributed by atoms with van der Waals surface area (Å²) in [5, 5.41) is 0. The van der Waals surface area contributed by atoms with Gasteiger partial charge in [-0.1, -0.05) is 13.8 Å². The van der Waals surface area contributed by atoms with Crippen LogP contribution in [0.2, 0.25) is 0 Å². The van der Waals surface area contributed by atoms with Crippen molar-refractivity contribution in [1.82, 2.24) is 4.98 Å². The smallest absolute Gasteiger partial charge is 0.406 e. The van der Waals surface area contributed by atoms with Gasteiger partial charge in [0.2, 0.25) is 5.91 Å². The summed E-state index contributed by atoms with van der Waals surface area (Å²) >= 11 is 0. The van der Waals surface area contributed by atoms with E-state index in [9.17, 15) is 22.4 Å². The molecule has 0 unspecified atom stereocenters. The molecule has 1 heterocycles. The minimum Gasteiger partial charge on any atom is -0.406 e. The standard InChI is InChI=1S/C18H17F4N3O2/c1-10(2)16(15-8-11(17(23)26)5-6-24-15)25-9-12-7-13(3-4-14(12)19)27-18(20,21)22/h3-8,10H,9H2,1-2H3,(H2,23,26). The van der Waals surface area contributed by atoms with Crippen molar-refractivity contribution in [2.45, 2.75) is 26.8 Å². The van der Waals surface area contributed by atoms with Gasteiger partial charge in [-0.3, -0.25) is 14.8 Å². The number of aromatic nitrogens is 1. The molecule has 5 nitrogen and oxygen atoms in total. The van der Waals surface area contributed by atoms with E-state index in [4.69, 9.17) is 5.73 Å². The summed E-state index contributed by atoms with van der Waals surface area (Å²) < 4.78 is 54.7. The normalized spacial score (nSPS) is 12.3. The first-order valence-electron chi connectivity index (χ1n) is 7.91. The number of rotatable bonds is 6. The molecular formula is C18H17F4N3O2. The number of halogens is 4. The number of pyridine rings is 1. The highest BCUT2D eigenvalue weighted by atomic mass is 19.4. The van der Waals surface area contributed by atoms with Crippen LogP contribution in [0.1, 0.15) is 35.5 Å². The molecule has 0 aliphatic carbocycles. The zero-order valence-corrected chi connectivity index (χ0v) is 14.5. The molecule has 144 valence electrons. The van der Waals surface area contributed by atoms with Crippen LogP contribution in [0.3, 0.4) is 0 Å².